The van der Waals surface area contributed by atoms with Crippen molar-refractivity contribution in [3.8, 4) is 0 Å². The highest BCUT2D eigenvalue weighted by atomic mass is 16.5. The number of benzene rings is 1. The molecule has 0 saturated heterocycles. The summed E-state index contributed by atoms with van der Waals surface area (Å²) >= 11 is 0. The van der Waals surface area contributed by atoms with Gasteiger partial charge in [-0.05, 0) is 45.4 Å². The van der Waals surface area contributed by atoms with Gasteiger partial charge in [-0.25, -0.2) is 9.59 Å². The van der Waals surface area contributed by atoms with Crippen LogP contribution in [0.4, 0.5) is 0 Å². The van der Waals surface area contributed by atoms with E-state index in [4.69, 9.17) is 9.47 Å². The molecule has 0 spiro atoms. The molecule has 1 N–H and O–H groups in total. The van der Waals surface area contributed by atoms with Crippen molar-refractivity contribution >= 4 is 11.9 Å². The zero-order valence-corrected chi connectivity index (χ0v) is 17.6. The van der Waals surface area contributed by atoms with Gasteiger partial charge in [0, 0.05) is 17.6 Å². The molecule has 1 aromatic carbocycles. The van der Waals surface area contributed by atoms with Crippen LogP contribution in [0.15, 0.2) is 77.3 Å². The normalized spacial score (nSPS) is 16.4. The second kappa shape index (κ2) is 9.39. The van der Waals surface area contributed by atoms with Gasteiger partial charge in [0.1, 0.15) is 6.61 Å². The summed E-state index contributed by atoms with van der Waals surface area (Å²) in [6, 6.07) is 14.9. The highest BCUT2D eigenvalue weighted by molar-refractivity contribution is 5.99. The Labute approximate surface area is 176 Å². The van der Waals surface area contributed by atoms with E-state index in [-0.39, 0.29) is 12.7 Å². The predicted molar refractivity (Wildman–Crippen MR) is 113 cm³/mol. The second-order valence-corrected chi connectivity index (χ2v) is 7.41. The molecule has 1 aliphatic heterocycles. The van der Waals surface area contributed by atoms with Crippen LogP contribution in [0.25, 0.3) is 0 Å². The summed E-state index contributed by atoms with van der Waals surface area (Å²) in [6.45, 7) is 7.30. The van der Waals surface area contributed by atoms with Crippen molar-refractivity contribution in [2.45, 2.75) is 46.3 Å². The number of ether oxygens (including phenoxy) is 2. The van der Waals surface area contributed by atoms with Gasteiger partial charge in [0.15, 0.2) is 0 Å². The van der Waals surface area contributed by atoms with Crippen LogP contribution in [0.2, 0.25) is 0 Å². The molecular weight excluding hydrogens is 380 g/mol. The maximum absolute atomic E-state index is 13.1. The Bertz CT molecular complexity index is 979. The Morgan fingerprint density at radius 2 is 1.60 bits per heavy atom. The number of nitrogens with zero attached hydrogens (tertiary/aromatic N) is 1. The van der Waals surface area contributed by atoms with Crippen molar-refractivity contribution in [3.63, 3.8) is 0 Å². The summed E-state index contributed by atoms with van der Waals surface area (Å²) in [7, 11) is 0. The van der Waals surface area contributed by atoms with Crippen LogP contribution in [0.1, 0.15) is 44.9 Å². The lowest BCUT2D eigenvalue weighted by atomic mass is 9.82. The Morgan fingerprint density at radius 1 is 0.967 bits per heavy atom. The number of aromatic nitrogens is 1. The van der Waals surface area contributed by atoms with E-state index < -0.39 is 17.9 Å². The fourth-order valence-electron chi connectivity index (χ4n) is 3.46. The average molecular weight is 406 g/mol. The van der Waals surface area contributed by atoms with Crippen molar-refractivity contribution in [2.24, 2.45) is 0 Å². The third-order valence-corrected chi connectivity index (χ3v) is 4.74. The zero-order valence-electron chi connectivity index (χ0n) is 17.6. The van der Waals surface area contributed by atoms with Gasteiger partial charge < -0.3 is 14.8 Å². The highest BCUT2D eigenvalue weighted by Gasteiger charge is 2.39. The molecule has 0 bridgehead atoms. The van der Waals surface area contributed by atoms with Crippen LogP contribution in [0, 0.1) is 0 Å². The molecule has 0 radical (unpaired) electrons. The van der Waals surface area contributed by atoms with Crippen LogP contribution in [-0.4, -0.2) is 23.0 Å². The van der Waals surface area contributed by atoms with Gasteiger partial charge in [-0.2, -0.15) is 0 Å². The lowest BCUT2D eigenvalue weighted by Crippen LogP contribution is -2.33. The zero-order chi connectivity index (χ0) is 21.7. The Hall–Kier alpha value is -3.41. The molecule has 0 saturated carbocycles. The molecule has 6 nitrogen and oxygen atoms in total. The number of hydrogen-bond donors (Lipinski definition) is 1. The molecule has 1 atom stereocenters. The number of carbonyl (C=O) groups excluding carboxylic acids is 2. The molecular formula is C24H26N2O4. The van der Waals surface area contributed by atoms with Crippen LogP contribution in [0.3, 0.4) is 0 Å². The van der Waals surface area contributed by atoms with E-state index in [1.807, 2.05) is 36.4 Å². The summed E-state index contributed by atoms with van der Waals surface area (Å²) in [5, 5.41) is 3.14. The number of allylic oxidation sites excluding steroid dienone is 2. The monoisotopic (exact) mass is 406 g/mol. The van der Waals surface area contributed by atoms with Crippen molar-refractivity contribution in [2.75, 3.05) is 0 Å². The van der Waals surface area contributed by atoms with Crippen molar-refractivity contribution in [3.05, 3.63) is 88.5 Å². The first-order valence-electron chi connectivity index (χ1n) is 9.90. The van der Waals surface area contributed by atoms with Crippen LogP contribution >= 0.6 is 0 Å². The SMILES string of the molecule is CC1=C(C(=O)OCc2ccccc2)C(c2ccccn2)C(C(=O)OC(C)C)=C(C)N1. The topological polar surface area (TPSA) is 77.5 Å². The fraction of sp³-hybridized carbons (Fsp3) is 0.292. The van der Waals surface area contributed by atoms with E-state index in [9.17, 15) is 9.59 Å². The number of pyridine rings is 1. The second-order valence-electron chi connectivity index (χ2n) is 7.41. The minimum Gasteiger partial charge on any atom is -0.460 e. The van der Waals surface area contributed by atoms with Gasteiger partial charge in [-0.15, -0.1) is 0 Å². The van der Waals surface area contributed by atoms with Crippen molar-refractivity contribution in [1.29, 1.82) is 0 Å². The number of carbonyl (C=O) groups is 2. The fourth-order valence-corrected chi connectivity index (χ4v) is 3.46. The van der Waals surface area contributed by atoms with Crippen LogP contribution in [-0.2, 0) is 25.7 Å². The quantitative estimate of drug-likeness (QED) is 0.731. The molecule has 3 rings (SSSR count). The number of hydrogen-bond acceptors (Lipinski definition) is 6. The maximum atomic E-state index is 13.1. The summed E-state index contributed by atoms with van der Waals surface area (Å²) < 4.78 is 11.1. The largest absolute Gasteiger partial charge is 0.460 e. The summed E-state index contributed by atoms with van der Waals surface area (Å²) in [5.41, 5.74) is 3.44. The smallest absolute Gasteiger partial charge is 0.337 e. The Morgan fingerprint density at radius 3 is 2.20 bits per heavy atom. The number of dihydropyridines is 1. The molecule has 30 heavy (non-hydrogen) atoms. The first-order valence-corrected chi connectivity index (χ1v) is 9.90. The lowest BCUT2D eigenvalue weighted by molar-refractivity contribution is -0.143. The van der Waals surface area contributed by atoms with E-state index in [0.29, 0.717) is 28.2 Å². The molecule has 0 aliphatic carbocycles. The molecule has 2 aromatic rings. The number of nitrogens with one attached hydrogen (secondary N) is 1. The van der Waals surface area contributed by atoms with Crippen LogP contribution < -0.4 is 5.32 Å². The summed E-state index contributed by atoms with van der Waals surface area (Å²) in [5.74, 6) is -1.66. The van der Waals surface area contributed by atoms with Crippen molar-refractivity contribution < 1.29 is 19.1 Å². The minimum atomic E-state index is -0.679. The molecule has 6 heteroatoms. The van der Waals surface area contributed by atoms with E-state index in [0.717, 1.165) is 5.56 Å². The van der Waals surface area contributed by atoms with Gasteiger partial charge in [0.05, 0.1) is 28.9 Å². The van der Waals surface area contributed by atoms with Gasteiger partial charge in [-0.3, -0.25) is 4.98 Å². The summed E-state index contributed by atoms with van der Waals surface area (Å²) in [4.78, 5) is 30.5. The lowest BCUT2D eigenvalue weighted by Gasteiger charge is -2.30. The first kappa shape index (κ1) is 21.3. The number of rotatable bonds is 6. The van der Waals surface area contributed by atoms with E-state index in [2.05, 4.69) is 10.3 Å². The van der Waals surface area contributed by atoms with Crippen LogP contribution in [0.5, 0.6) is 0 Å². The third-order valence-electron chi connectivity index (χ3n) is 4.74. The standard InChI is InChI=1S/C24H26N2O4/c1-15(2)30-24(28)21-17(4)26-16(3)20(22(21)19-12-8-9-13-25-19)23(27)29-14-18-10-6-5-7-11-18/h5-13,15,22,26H,14H2,1-4H3. The first-order chi connectivity index (χ1) is 14.4. The summed E-state index contributed by atoms with van der Waals surface area (Å²) in [6.07, 6.45) is 1.35. The predicted octanol–water partition coefficient (Wildman–Crippen LogP) is 4.01. The molecule has 0 amide bonds. The Kier molecular flexibility index (Phi) is 6.67. The van der Waals surface area contributed by atoms with E-state index >= 15 is 0 Å². The third kappa shape index (κ3) is 4.76. The van der Waals surface area contributed by atoms with Gasteiger partial charge in [-0.1, -0.05) is 36.4 Å². The highest BCUT2D eigenvalue weighted by Crippen LogP contribution is 2.38. The minimum absolute atomic E-state index is 0.139. The molecule has 1 aromatic heterocycles. The molecule has 1 unspecified atom stereocenters. The Balaban J connectivity index is 1.98. The van der Waals surface area contributed by atoms with E-state index in [1.165, 1.54) is 0 Å². The van der Waals surface area contributed by atoms with E-state index in [1.54, 1.807) is 46.0 Å². The van der Waals surface area contributed by atoms with Gasteiger partial charge in [0.25, 0.3) is 0 Å². The molecule has 0 fully saturated rings. The van der Waals surface area contributed by atoms with Gasteiger partial charge >= 0.3 is 11.9 Å². The molecule has 2 heterocycles. The van der Waals surface area contributed by atoms with Gasteiger partial charge in [0.2, 0.25) is 0 Å². The molecule has 156 valence electrons. The number of esters is 2. The van der Waals surface area contributed by atoms with Crippen molar-refractivity contribution in [1.82, 2.24) is 10.3 Å². The average Bonchev–Trinajstić information content (AvgIpc) is 2.72. The maximum Gasteiger partial charge on any atom is 0.337 e. The molecule has 1 aliphatic rings.